The van der Waals surface area contributed by atoms with Crippen LogP contribution in [-0.4, -0.2) is 13.2 Å². The van der Waals surface area contributed by atoms with Crippen LogP contribution in [0.4, 0.5) is 0 Å². The Bertz CT molecular complexity index is 855. The van der Waals surface area contributed by atoms with E-state index in [2.05, 4.69) is 60.7 Å². The summed E-state index contributed by atoms with van der Waals surface area (Å²) < 4.78 is 12.1. The summed E-state index contributed by atoms with van der Waals surface area (Å²) in [5.74, 6) is 5.93. The first-order valence-electron chi connectivity index (χ1n) is 10.0. The van der Waals surface area contributed by atoms with Gasteiger partial charge in [-0.25, -0.2) is 0 Å². The summed E-state index contributed by atoms with van der Waals surface area (Å²) in [4.78, 5) is 0. The Morgan fingerprint density at radius 1 is 0.552 bits per heavy atom. The van der Waals surface area contributed by atoms with Gasteiger partial charge in [-0.3, -0.25) is 0 Å². The van der Waals surface area contributed by atoms with Crippen LogP contribution in [0.2, 0.25) is 0 Å². The Morgan fingerprint density at radius 3 is 1.62 bits per heavy atom. The highest BCUT2D eigenvalue weighted by Gasteiger charge is 2.07. The first-order valence-corrected chi connectivity index (χ1v) is 12.3. The first-order chi connectivity index (χ1) is 14.4. The third kappa shape index (κ3) is 5.97. The zero-order valence-corrected chi connectivity index (χ0v) is 18.1. The molecule has 0 unspecified atom stereocenters. The van der Waals surface area contributed by atoms with Crippen LogP contribution in [0, 0.1) is 0 Å². The SMILES string of the molecule is c1cc2cc(c1)CSCc1ccccc1OCCCOc1ccccc1CSC2. The lowest BCUT2D eigenvalue weighted by Gasteiger charge is -2.14. The summed E-state index contributed by atoms with van der Waals surface area (Å²) in [5.41, 5.74) is 5.29. The fourth-order valence-corrected chi connectivity index (χ4v) is 5.27. The van der Waals surface area contributed by atoms with Crippen molar-refractivity contribution in [3.63, 3.8) is 0 Å². The van der Waals surface area contributed by atoms with Gasteiger partial charge in [0.25, 0.3) is 0 Å². The lowest BCUT2D eigenvalue weighted by atomic mass is 10.2. The number of hydrogen-bond acceptors (Lipinski definition) is 4. The van der Waals surface area contributed by atoms with Gasteiger partial charge in [0, 0.05) is 40.6 Å². The van der Waals surface area contributed by atoms with E-state index in [4.69, 9.17) is 9.47 Å². The van der Waals surface area contributed by atoms with Gasteiger partial charge in [0.1, 0.15) is 11.5 Å². The van der Waals surface area contributed by atoms with E-state index in [1.54, 1.807) is 0 Å². The number of hydrogen-bond donors (Lipinski definition) is 0. The molecule has 1 aliphatic rings. The summed E-state index contributed by atoms with van der Waals surface area (Å²) >= 11 is 3.88. The summed E-state index contributed by atoms with van der Waals surface area (Å²) in [6.07, 6.45) is 0.869. The van der Waals surface area contributed by atoms with Crippen molar-refractivity contribution in [3.8, 4) is 11.5 Å². The van der Waals surface area contributed by atoms with Gasteiger partial charge >= 0.3 is 0 Å². The van der Waals surface area contributed by atoms with Crippen LogP contribution in [0.3, 0.4) is 0 Å². The van der Waals surface area contributed by atoms with Crippen molar-refractivity contribution in [1.82, 2.24) is 0 Å². The van der Waals surface area contributed by atoms with Gasteiger partial charge in [-0.2, -0.15) is 23.5 Å². The number of ether oxygens (including phenoxy) is 2. The average molecular weight is 423 g/mol. The first kappa shape index (κ1) is 20.2. The summed E-state index contributed by atoms with van der Waals surface area (Å²) in [6.45, 7) is 1.33. The van der Waals surface area contributed by atoms with E-state index in [-0.39, 0.29) is 0 Å². The van der Waals surface area contributed by atoms with E-state index < -0.39 is 0 Å². The Kier molecular flexibility index (Phi) is 7.44. The summed E-state index contributed by atoms with van der Waals surface area (Å²) in [5, 5.41) is 0. The standard InChI is InChI=1S/C25H26O2S2/c1-3-11-24-22(9-1)18-28-16-20-7-5-8-21(15-20)17-29-19-23-10-2-4-12-25(23)27-14-6-13-26-24/h1-5,7-12,15H,6,13-14,16-19H2. The predicted molar refractivity (Wildman–Crippen MR) is 125 cm³/mol. The second kappa shape index (κ2) is 10.7. The quantitative estimate of drug-likeness (QED) is 0.400. The Labute approximate surface area is 182 Å². The molecule has 1 aliphatic heterocycles. The minimum Gasteiger partial charge on any atom is -0.493 e. The van der Waals surface area contributed by atoms with Crippen molar-refractivity contribution in [2.24, 2.45) is 0 Å². The third-order valence-corrected chi connectivity index (χ3v) is 6.90. The lowest BCUT2D eigenvalue weighted by molar-refractivity contribution is 0.245. The molecule has 0 aromatic heterocycles. The van der Waals surface area contributed by atoms with Crippen LogP contribution >= 0.6 is 23.5 Å². The monoisotopic (exact) mass is 422 g/mol. The van der Waals surface area contributed by atoms with E-state index in [0.717, 1.165) is 40.9 Å². The number of para-hydroxylation sites is 2. The topological polar surface area (TPSA) is 18.5 Å². The molecule has 0 saturated carbocycles. The minimum atomic E-state index is 0.667. The fourth-order valence-electron chi connectivity index (χ4n) is 3.32. The third-order valence-electron chi connectivity index (χ3n) is 4.79. The van der Waals surface area contributed by atoms with E-state index in [0.29, 0.717) is 13.2 Å². The maximum Gasteiger partial charge on any atom is 0.123 e. The largest absolute Gasteiger partial charge is 0.493 e. The number of fused-ring (bicyclic) bond motifs is 4. The van der Waals surface area contributed by atoms with E-state index in [1.807, 2.05) is 35.7 Å². The van der Waals surface area contributed by atoms with Crippen molar-refractivity contribution in [2.45, 2.75) is 29.4 Å². The highest BCUT2D eigenvalue weighted by molar-refractivity contribution is 7.98. The molecular formula is C25H26O2S2. The highest BCUT2D eigenvalue weighted by Crippen LogP contribution is 2.28. The molecule has 3 aromatic rings. The van der Waals surface area contributed by atoms with Crippen LogP contribution in [0.1, 0.15) is 28.7 Å². The number of rotatable bonds is 0. The normalized spacial score (nSPS) is 15.6. The van der Waals surface area contributed by atoms with E-state index in [1.165, 1.54) is 22.3 Å². The van der Waals surface area contributed by atoms with E-state index >= 15 is 0 Å². The molecule has 150 valence electrons. The highest BCUT2D eigenvalue weighted by atomic mass is 32.2. The minimum absolute atomic E-state index is 0.667. The predicted octanol–water partition coefficient (Wildman–Crippen LogP) is 6.71. The molecule has 0 fully saturated rings. The van der Waals surface area contributed by atoms with Crippen LogP contribution in [0.15, 0.2) is 72.8 Å². The van der Waals surface area contributed by atoms with Crippen molar-refractivity contribution in [1.29, 1.82) is 0 Å². The van der Waals surface area contributed by atoms with Gasteiger partial charge in [0.2, 0.25) is 0 Å². The van der Waals surface area contributed by atoms with Crippen molar-refractivity contribution < 1.29 is 9.47 Å². The molecule has 2 bridgehead atoms. The van der Waals surface area contributed by atoms with Crippen LogP contribution in [0.5, 0.6) is 11.5 Å². The number of thioether (sulfide) groups is 2. The van der Waals surface area contributed by atoms with Crippen molar-refractivity contribution in [2.75, 3.05) is 13.2 Å². The maximum absolute atomic E-state index is 6.07. The molecule has 4 heteroatoms. The van der Waals surface area contributed by atoms with Crippen LogP contribution < -0.4 is 9.47 Å². The van der Waals surface area contributed by atoms with Gasteiger partial charge in [-0.05, 0) is 23.3 Å². The zero-order chi connectivity index (χ0) is 19.7. The van der Waals surface area contributed by atoms with Gasteiger partial charge in [0.05, 0.1) is 13.2 Å². The second-order valence-corrected chi connectivity index (χ2v) is 9.04. The van der Waals surface area contributed by atoms with Gasteiger partial charge in [-0.1, -0.05) is 60.7 Å². The lowest BCUT2D eigenvalue weighted by Crippen LogP contribution is -2.07. The molecule has 0 radical (unpaired) electrons. The van der Waals surface area contributed by atoms with Gasteiger partial charge in [0.15, 0.2) is 0 Å². The second-order valence-electron chi connectivity index (χ2n) is 7.07. The van der Waals surface area contributed by atoms with Gasteiger partial charge in [-0.15, -0.1) is 0 Å². The molecule has 29 heavy (non-hydrogen) atoms. The van der Waals surface area contributed by atoms with Crippen molar-refractivity contribution >= 4 is 23.5 Å². The maximum atomic E-state index is 6.07. The van der Waals surface area contributed by atoms with Crippen LogP contribution in [0.25, 0.3) is 0 Å². The molecule has 0 atom stereocenters. The smallest absolute Gasteiger partial charge is 0.123 e. The Morgan fingerprint density at radius 2 is 1.07 bits per heavy atom. The molecule has 0 N–H and O–H groups in total. The molecule has 4 rings (SSSR count). The molecule has 1 heterocycles. The molecule has 0 amide bonds. The zero-order valence-electron chi connectivity index (χ0n) is 16.5. The average Bonchev–Trinajstić information content (AvgIpc) is 2.75. The molecule has 3 aromatic carbocycles. The molecular weight excluding hydrogens is 396 g/mol. The summed E-state index contributed by atoms with van der Waals surface area (Å²) in [6, 6.07) is 25.7. The fraction of sp³-hybridized carbons (Fsp3) is 0.280. The van der Waals surface area contributed by atoms with E-state index in [9.17, 15) is 0 Å². The van der Waals surface area contributed by atoms with Gasteiger partial charge < -0.3 is 9.47 Å². The van der Waals surface area contributed by atoms with Crippen LogP contribution in [-0.2, 0) is 23.0 Å². The molecule has 0 aliphatic carbocycles. The molecule has 2 nitrogen and oxygen atoms in total. The Hall–Kier alpha value is -2.04. The van der Waals surface area contributed by atoms with Crippen molar-refractivity contribution in [3.05, 3.63) is 95.1 Å². The number of benzene rings is 3. The molecule has 0 saturated heterocycles. The summed E-state index contributed by atoms with van der Waals surface area (Å²) in [7, 11) is 0. The Balaban J connectivity index is 1.51. The molecule has 0 spiro atoms.